The van der Waals surface area contributed by atoms with Crippen molar-refractivity contribution in [1.82, 2.24) is 10.2 Å². The number of hydrogen-bond donors (Lipinski definition) is 1. The van der Waals surface area contributed by atoms with Gasteiger partial charge >= 0.3 is 0 Å². The highest BCUT2D eigenvalue weighted by Gasteiger charge is 2.21. The van der Waals surface area contributed by atoms with Crippen molar-refractivity contribution < 1.29 is 14.3 Å². The Balaban J connectivity index is 1.29. The molecule has 1 aromatic rings. The Bertz CT molecular complexity index is 602. The third kappa shape index (κ3) is 5.05. The molecule has 0 saturated carbocycles. The Morgan fingerprint density at radius 1 is 1.24 bits per heavy atom. The van der Waals surface area contributed by atoms with Crippen LogP contribution in [0.2, 0.25) is 0 Å². The van der Waals surface area contributed by atoms with Crippen molar-refractivity contribution in [2.24, 2.45) is 0 Å². The molecule has 0 bridgehead atoms. The van der Waals surface area contributed by atoms with Crippen LogP contribution >= 0.6 is 0 Å². The zero-order valence-corrected chi connectivity index (χ0v) is 14.8. The second-order valence-corrected chi connectivity index (χ2v) is 6.89. The molecule has 1 fully saturated rings. The molecule has 5 heteroatoms. The Labute approximate surface area is 149 Å². The van der Waals surface area contributed by atoms with Crippen molar-refractivity contribution in [3.8, 4) is 0 Å². The van der Waals surface area contributed by atoms with E-state index >= 15 is 0 Å². The quantitative estimate of drug-likeness (QED) is 0.738. The Hall–Kier alpha value is -1.88. The van der Waals surface area contributed by atoms with Crippen LogP contribution in [0.15, 0.2) is 24.3 Å². The van der Waals surface area contributed by atoms with Gasteiger partial charge in [-0.05, 0) is 43.2 Å². The largest absolute Gasteiger partial charge is 0.373 e. The first kappa shape index (κ1) is 17.9. The van der Waals surface area contributed by atoms with Crippen molar-refractivity contribution in [3.63, 3.8) is 0 Å². The molecule has 0 aromatic heterocycles. The first-order chi connectivity index (χ1) is 12.2. The lowest BCUT2D eigenvalue weighted by Crippen LogP contribution is -2.32. The summed E-state index contributed by atoms with van der Waals surface area (Å²) >= 11 is 0. The fraction of sp³-hybridized carbons (Fsp3) is 0.600. The van der Waals surface area contributed by atoms with Gasteiger partial charge in [0.2, 0.25) is 11.8 Å². The smallest absolute Gasteiger partial charge is 0.222 e. The van der Waals surface area contributed by atoms with Gasteiger partial charge in [0, 0.05) is 39.1 Å². The Morgan fingerprint density at radius 3 is 2.96 bits per heavy atom. The molecule has 136 valence electrons. The van der Waals surface area contributed by atoms with Gasteiger partial charge in [0.1, 0.15) is 0 Å². The number of fused-ring (bicyclic) bond motifs is 1. The van der Waals surface area contributed by atoms with Gasteiger partial charge in [-0.2, -0.15) is 0 Å². The van der Waals surface area contributed by atoms with Gasteiger partial charge in [-0.3, -0.25) is 9.59 Å². The van der Waals surface area contributed by atoms with Gasteiger partial charge in [-0.1, -0.05) is 24.3 Å². The number of benzene rings is 1. The fourth-order valence-electron chi connectivity index (χ4n) is 3.67. The second kappa shape index (κ2) is 8.99. The molecule has 1 N–H and O–H groups in total. The van der Waals surface area contributed by atoms with Crippen molar-refractivity contribution in [2.75, 3.05) is 26.2 Å². The van der Waals surface area contributed by atoms with Crippen LogP contribution in [-0.4, -0.2) is 43.0 Å². The van der Waals surface area contributed by atoms with Crippen molar-refractivity contribution in [2.45, 2.75) is 51.0 Å². The molecule has 1 heterocycles. The van der Waals surface area contributed by atoms with Crippen molar-refractivity contribution >= 4 is 11.8 Å². The van der Waals surface area contributed by atoms with Crippen molar-refractivity contribution in [1.29, 1.82) is 0 Å². The third-order valence-corrected chi connectivity index (χ3v) is 5.06. The maximum Gasteiger partial charge on any atom is 0.222 e. The van der Waals surface area contributed by atoms with E-state index in [1.54, 1.807) is 4.90 Å². The van der Waals surface area contributed by atoms with E-state index in [1.807, 2.05) is 0 Å². The molecular formula is C20H28N2O3. The van der Waals surface area contributed by atoms with Crippen LogP contribution < -0.4 is 5.32 Å². The molecule has 1 aliphatic heterocycles. The molecule has 0 radical (unpaired) electrons. The standard InChI is InChI=1S/C20H28N2O3/c23-19(11-14-22-13-4-10-20(22)24)21-12-5-15-25-18-9-3-7-16-6-1-2-8-17(16)18/h1-2,6,8,18H,3-5,7,9-15H2,(H,21,23)/t18-/m0/s1. The molecular weight excluding hydrogens is 316 g/mol. The van der Waals surface area contributed by atoms with E-state index in [9.17, 15) is 9.59 Å². The molecule has 2 amide bonds. The fourth-order valence-corrected chi connectivity index (χ4v) is 3.67. The van der Waals surface area contributed by atoms with Gasteiger partial charge in [-0.15, -0.1) is 0 Å². The van der Waals surface area contributed by atoms with Gasteiger partial charge in [-0.25, -0.2) is 0 Å². The van der Waals surface area contributed by atoms with E-state index in [-0.39, 0.29) is 17.9 Å². The van der Waals surface area contributed by atoms with E-state index in [0.717, 1.165) is 32.2 Å². The number of rotatable bonds is 8. The van der Waals surface area contributed by atoms with Crippen LogP contribution in [0.5, 0.6) is 0 Å². The number of carbonyl (C=O) groups excluding carboxylic acids is 2. The molecule has 0 unspecified atom stereocenters. The summed E-state index contributed by atoms with van der Waals surface area (Å²) in [6.07, 6.45) is 6.34. The van der Waals surface area contributed by atoms with E-state index in [4.69, 9.17) is 4.74 Å². The first-order valence-electron chi connectivity index (χ1n) is 9.48. The first-order valence-corrected chi connectivity index (χ1v) is 9.48. The summed E-state index contributed by atoms with van der Waals surface area (Å²) < 4.78 is 6.04. The number of carbonyl (C=O) groups is 2. The molecule has 5 nitrogen and oxygen atoms in total. The lowest BCUT2D eigenvalue weighted by atomic mass is 9.89. The van der Waals surface area contributed by atoms with Crippen LogP contribution in [-0.2, 0) is 20.7 Å². The summed E-state index contributed by atoms with van der Waals surface area (Å²) in [6.45, 7) is 2.62. The number of hydrogen-bond acceptors (Lipinski definition) is 3. The maximum absolute atomic E-state index is 11.8. The van der Waals surface area contributed by atoms with Gasteiger partial charge < -0.3 is 15.0 Å². The summed E-state index contributed by atoms with van der Waals surface area (Å²) in [5.41, 5.74) is 2.73. The van der Waals surface area contributed by atoms with Crippen LogP contribution in [0.3, 0.4) is 0 Å². The normalized spacial score (nSPS) is 19.8. The molecule has 2 aliphatic rings. The summed E-state index contributed by atoms with van der Waals surface area (Å²) in [7, 11) is 0. The average molecular weight is 344 g/mol. The van der Waals surface area contributed by atoms with Crippen LogP contribution in [0.1, 0.15) is 55.8 Å². The summed E-state index contributed by atoms with van der Waals surface area (Å²) in [5.74, 6) is 0.191. The average Bonchev–Trinajstić information content (AvgIpc) is 3.05. The topological polar surface area (TPSA) is 58.6 Å². The maximum atomic E-state index is 11.8. The Kier molecular flexibility index (Phi) is 6.45. The highest BCUT2D eigenvalue weighted by atomic mass is 16.5. The zero-order chi connectivity index (χ0) is 17.5. The van der Waals surface area contributed by atoms with E-state index in [0.29, 0.717) is 32.5 Å². The molecule has 1 atom stereocenters. The third-order valence-electron chi connectivity index (χ3n) is 5.06. The Morgan fingerprint density at radius 2 is 2.12 bits per heavy atom. The lowest BCUT2D eigenvalue weighted by molar-refractivity contribution is -0.128. The molecule has 25 heavy (non-hydrogen) atoms. The zero-order valence-electron chi connectivity index (χ0n) is 14.8. The minimum Gasteiger partial charge on any atom is -0.373 e. The number of amides is 2. The highest BCUT2D eigenvalue weighted by molar-refractivity contribution is 5.80. The van der Waals surface area contributed by atoms with Crippen molar-refractivity contribution in [3.05, 3.63) is 35.4 Å². The molecule has 3 rings (SSSR count). The molecule has 1 saturated heterocycles. The number of aryl methyl sites for hydroxylation is 1. The summed E-state index contributed by atoms with van der Waals surface area (Å²) in [6, 6.07) is 8.52. The van der Waals surface area contributed by atoms with Crippen LogP contribution in [0.25, 0.3) is 0 Å². The summed E-state index contributed by atoms with van der Waals surface area (Å²) in [5, 5.41) is 2.92. The van der Waals surface area contributed by atoms with Gasteiger partial charge in [0.05, 0.1) is 6.10 Å². The molecule has 0 spiro atoms. The minimum absolute atomic E-state index is 0.0164. The number of nitrogens with zero attached hydrogens (tertiary/aromatic N) is 1. The molecule has 1 aliphatic carbocycles. The monoisotopic (exact) mass is 344 g/mol. The number of nitrogens with one attached hydrogen (secondary N) is 1. The second-order valence-electron chi connectivity index (χ2n) is 6.89. The molecule has 1 aromatic carbocycles. The minimum atomic E-state index is 0.0164. The summed E-state index contributed by atoms with van der Waals surface area (Å²) in [4.78, 5) is 25.1. The lowest BCUT2D eigenvalue weighted by Gasteiger charge is -2.25. The highest BCUT2D eigenvalue weighted by Crippen LogP contribution is 2.32. The van der Waals surface area contributed by atoms with E-state index in [1.165, 1.54) is 17.5 Å². The van der Waals surface area contributed by atoms with Gasteiger partial charge in [0.25, 0.3) is 0 Å². The van der Waals surface area contributed by atoms with Gasteiger partial charge in [0.15, 0.2) is 0 Å². The number of likely N-dealkylation sites (tertiary alicyclic amines) is 1. The SMILES string of the molecule is O=C(CCN1CCCC1=O)NCCCO[C@H]1CCCc2ccccc21. The van der Waals surface area contributed by atoms with E-state index in [2.05, 4.69) is 29.6 Å². The number of ether oxygens (including phenoxy) is 1. The predicted molar refractivity (Wildman–Crippen MR) is 96.1 cm³/mol. The van der Waals surface area contributed by atoms with E-state index < -0.39 is 0 Å². The van der Waals surface area contributed by atoms with Crippen LogP contribution in [0.4, 0.5) is 0 Å². The van der Waals surface area contributed by atoms with Crippen LogP contribution in [0, 0.1) is 0 Å². The predicted octanol–water partition coefficient (Wildman–Crippen LogP) is 2.60.